The standard InChI is InChI=1S/C13H20ClN5/c1-5-9-6-11(18(3)17-9)10(15)7-12-13(14)8(2)16-19(12)4/h6,10H,5,7,15H2,1-4H3. The van der Waals surface area contributed by atoms with Gasteiger partial charge in [0.05, 0.1) is 33.8 Å². The van der Waals surface area contributed by atoms with Crippen molar-refractivity contribution in [2.75, 3.05) is 0 Å². The summed E-state index contributed by atoms with van der Waals surface area (Å²) in [5.41, 5.74) is 10.2. The quantitative estimate of drug-likeness (QED) is 0.931. The van der Waals surface area contributed by atoms with Gasteiger partial charge in [-0.2, -0.15) is 10.2 Å². The molecule has 0 aliphatic carbocycles. The molecule has 1 atom stereocenters. The fourth-order valence-corrected chi connectivity index (χ4v) is 2.52. The first kappa shape index (κ1) is 14.1. The first-order valence-electron chi connectivity index (χ1n) is 6.40. The van der Waals surface area contributed by atoms with Gasteiger partial charge >= 0.3 is 0 Å². The Bertz CT molecular complexity index is 584. The summed E-state index contributed by atoms with van der Waals surface area (Å²) in [6, 6.07) is 1.92. The van der Waals surface area contributed by atoms with Crippen LogP contribution in [0.15, 0.2) is 6.07 Å². The summed E-state index contributed by atoms with van der Waals surface area (Å²) < 4.78 is 3.65. The monoisotopic (exact) mass is 281 g/mol. The van der Waals surface area contributed by atoms with E-state index in [1.807, 2.05) is 25.7 Å². The van der Waals surface area contributed by atoms with Crippen LogP contribution in [0.2, 0.25) is 5.02 Å². The molecule has 0 aromatic carbocycles. The van der Waals surface area contributed by atoms with Gasteiger partial charge < -0.3 is 5.73 Å². The Morgan fingerprint density at radius 2 is 2.00 bits per heavy atom. The summed E-state index contributed by atoms with van der Waals surface area (Å²) in [5, 5.41) is 9.44. The maximum Gasteiger partial charge on any atom is 0.0847 e. The van der Waals surface area contributed by atoms with E-state index in [0.717, 1.165) is 29.2 Å². The van der Waals surface area contributed by atoms with Crippen LogP contribution in [0.4, 0.5) is 0 Å². The van der Waals surface area contributed by atoms with Crippen molar-refractivity contribution in [3.8, 4) is 0 Å². The molecule has 0 saturated heterocycles. The van der Waals surface area contributed by atoms with E-state index in [2.05, 4.69) is 23.2 Å². The van der Waals surface area contributed by atoms with Crippen LogP contribution in [-0.2, 0) is 26.9 Å². The Kier molecular flexibility index (Phi) is 3.96. The Morgan fingerprint density at radius 1 is 1.32 bits per heavy atom. The van der Waals surface area contributed by atoms with Gasteiger partial charge in [0, 0.05) is 20.5 Å². The topological polar surface area (TPSA) is 61.7 Å². The fourth-order valence-electron chi connectivity index (χ4n) is 2.28. The molecule has 5 nitrogen and oxygen atoms in total. The second-order valence-electron chi connectivity index (χ2n) is 4.82. The van der Waals surface area contributed by atoms with Crippen molar-refractivity contribution in [2.24, 2.45) is 19.8 Å². The zero-order chi connectivity index (χ0) is 14.2. The minimum atomic E-state index is -0.134. The van der Waals surface area contributed by atoms with Gasteiger partial charge in [-0.3, -0.25) is 9.36 Å². The molecule has 0 radical (unpaired) electrons. The van der Waals surface area contributed by atoms with Crippen molar-refractivity contribution in [1.82, 2.24) is 19.6 Å². The summed E-state index contributed by atoms with van der Waals surface area (Å²) in [6.45, 7) is 3.98. The number of nitrogens with two attached hydrogens (primary N) is 1. The number of aromatic nitrogens is 4. The lowest BCUT2D eigenvalue weighted by Gasteiger charge is -2.12. The zero-order valence-corrected chi connectivity index (χ0v) is 12.6. The highest BCUT2D eigenvalue weighted by atomic mass is 35.5. The molecule has 0 aliphatic rings. The summed E-state index contributed by atoms with van der Waals surface area (Å²) in [4.78, 5) is 0. The summed E-state index contributed by atoms with van der Waals surface area (Å²) >= 11 is 6.26. The first-order chi connectivity index (χ1) is 8.93. The predicted octanol–water partition coefficient (Wildman–Crippen LogP) is 1.92. The van der Waals surface area contributed by atoms with E-state index in [-0.39, 0.29) is 6.04 Å². The third-order valence-corrected chi connectivity index (χ3v) is 3.88. The van der Waals surface area contributed by atoms with Gasteiger partial charge in [0.25, 0.3) is 0 Å². The van der Waals surface area contributed by atoms with E-state index in [4.69, 9.17) is 17.3 Å². The van der Waals surface area contributed by atoms with Crippen LogP contribution in [0.25, 0.3) is 0 Å². The van der Waals surface area contributed by atoms with Crippen LogP contribution in [0.1, 0.15) is 35.7 Å². The van der Waals surface area contributed by atoms with E-state index < -0.39 is 0 Å². The smallest absolute Gasteiger partial charge is 0.0847 e. The molecule has 2 aromatic heterocycles. The average molecular weight is 282 g/mol. The number of aryl methyl sites for hydroxylation is 4. The van der Waals surface area contributed by atoms with Gasteiger partial charge in [-0.05, 0) is 19.4 Å². The highest BCUT2D eigenvalue weighted by Crippen LogP contribution is 2.24. The highest BCUT2D eigenvalue weighted by molar-refractivity contribution is 6.31. The van der Waals surface area contributed by atoms with Crippen LogP contribution < -0.4 is 5.73 Å². The molecule has 104 valence electrons. The Labute approximate surface area is 118 Å². The number of nitrogens with zero attached hydrogens (tertiary/aromatic N) is 4. The molecule has 2 rings (SSSR count). The fraction of sp³-hybridized carbons (Fsp3) is 0.538. The van der Waals surface area contributed by atoms with Gasteiger partial charge in [0.1, 0.15) is 0 Å². The minimum Gasteiger partial charge on any atom is -0.322 e. The molecule has 0 bridgehead atoms. The largest absolute Gasteiger partial charge is 0.322 e. The van der Waals surface area contributed by atoms with Crippen molar-refractivity contribution in [1.29, 1.82) is 0 Å². The molecule has 6 heteroatoms. The summed E-state index contributed by atoms with van der Waals surface area (Å²) in [7, 11) is 3.81. The summed E-state index contributed by atoms with van der Waals surface area (Å²) in [5.74, 6) is 0. The van der Waals surface area contributed by atoms with Gasteiger partial charge in [0.15, 0.2) is 0 Å². The molecule has 0 fully saturated rings. The Morgan fingerprint density at radius 3 is 2.47 bits per heavy atom. The van der Waals surface area contributed by atoms with Crippen molar-refractivity contribution < 1.29 is 0 Å². The van der Waals surface area contributed by atoms with Gasteiger partial charge in [-0.1, -0.05) is 18.5 Å². The Balaban J connectivity index is 2.25. The average Bonchev–Trinajstić information content (AvgIpc) is 2.85. The maximum absolute atomic E-state index is 6.28. The van der Waals surface area contributed by atoms with E-state index in [1.54, 1.807) is 4.68 Å². The molecular formula is C13H20ClN5. The first-order valence-corrected chi connectivity index (χ1v) is 6.78. The third-order valence-electron chi connectivity index (χ3n) is 3.38. The van der Waals surface area contributed by atoms with Crippen molar-refractivity contribution in [2.45, 2.75) is 32.7 Å². The van der Waals surface area contributed by atoms with Crippen LogP contribution in [0.5, 0.6) is 0 Å². The molecule has 19 heavy (non-hydrogen) atoms. The third kappa shape index (κ3) is 2.67. The molecular weight excluding hydrogens is 262 g/mol. The predicted molar refractivity (Wildman–Crippen MR) is 76.2 cm³/mol. The lowest BCUT2D eigenvalue weighted by atomic mass is 10.1. The molecule has 1 unspecified atom stereocenters. The molecule has 0 spiro atoms. The van der Waals surface area contributed by atoms with Gasteiger partial charge in [-0.15, -0.1) is 0 Å². The second kappa shape index (κ2) is 5.35. The lowest BCUT2D eigenvalue weighted by molar-refractivity contribution is 0.587. The van der Waals surface area contributed by atoms with E-state index in [1.165, 1.54) is 0 Å². The van der Waals surface area contributed by atoms with Crippen LogP contribution in [-0.4, -0.2) is 19.6 Å². The van der Waals surface area contributed by atoms with E-state index in [9.17, 15) is 0 Å². The maximum atomic E-state index is 6.28. The molecule has 2 heterocycles. The van der Waals surface area contributed by atoms with Crippen molar-refractivity contribution in [3.63, 3.8) is 0 Å². The second-order valence-corrected chi connectivity index (χ2v) is 5.20. The highest BCUT2D eigenvalue weighted by Gasteiger charge is 2.18. The molecule has 2 aromatic rings. The van der Waals surface area contributed by atoms with Crippen LogP contribution in [0, 0.1) is 6.92 Å². The minimum absolute atomic E-state index is 0.134. The molecule has 0 saturated carbocycles. The SMILES string of the molecule is CCc1cc(C(N)Cc2c(Cl)c(C)nn2C)n(C)n1. The molecule has 2 N–H and O–H groups in total. The van der Waals surface area contributed by atoms with Crippen molar-refractivity contribution >= 4 is 11.6 Å². The molecule has 0 aliphatic heterocycles. The number of hydrogen-bond acceptors (Lipinski definition) is 3. The normalized spacial score (nSPS) is 12.9. The van der Waals surface area contributed by atoms with Crippen LogP contribution in [0.3, 0.4) is 0 Å². The summed E-state index contributed by atoms with van der Waals surface area (Å²) in [6.07, 6.45) is 1.56. The van der Waals surface area contributed by atoms with Gasteiger partial charge in [0.2, 0.25) is 0 Å². The van der Waals surface area contributed by atoms with E-state index >= 15 is 0 Å². The number of halogens is 1. The molecule has 0 amide bonds. The number of hydrogen-bond donors (Lipinski definition) is 1. The lowest BCUT2D eigenvalue weighted by Crippen LogP contribution is -2.18. The zero-order valence-electron chi connectivity index (χ0n) is 11.8. The van der Waals surface area contributed by atoms with E-state index in [0.29, 0.717) is 11.4 Å². The Hall–Kier alpha value is -1.33. The van der Waals surface area contributed by atoms with Crippen molar-refractivity contribution in [3.05, 3.63) is 33.9 Å². The number of rotatable bonds is 4. The van der Waals surface area contributed by atoms with Crippen LogP contribution >= 0.6 is 11.6 Å². The van der Waals surface area contributed by atoms with Gasteiger partial charge in [-0.25, -0.2) is 0 Å².